The standard InChI is InChI=1S/C6H14OSSi/c1-5(6(7)8)9(2,3)4/h5H,1-4H3,(H,7,8)/p-1. The summed E-state index contributed by atoms with van der Waals surface area (Å²) >= 11 is 4.55. The van der Waals surface area contributed by atoms with Crippen LogP contribution in [0.4, 0.5) is 0 Å². The Balaban J connectivity index is 4.04. The summed E-state index contributed by atoms with van der Waals surface area (Å²) in [6, 6.07) is 0. The Morgan fingerprint density at radius 3 is 1.78 bits per heavy atom. The molecule has 0 aliphatic carbocycles. The van der Waals surface area contributed by atoms with Gasteiger partial charge in [-0.2, -0.15) is 0 Å². The predicted octanol–water partition coefficient (Wildman–Crippen LogP) is 1.79. The van der Waals surface area contributed by atoms with E-state index in [0.717, 1.165) is 0 Å². The van der Waals surface area contributed by atoms with Crippen LogP contribution in [0.25, 0.3) is 0 Å². The highest BCUT2D eigenvalue weighted by atomic mass is 32.1. The van der Waals surface area contributed by atoms with E-state index < -0.39 is 8.07 Å². The summed E-state index contributed by atoms with van der Waals surface area (Å²) in [6.45, 7) is 8.40. The molecule has 1 unspecified atom stereocenters. The summed E-state index contributed by atoms with van der Waals surface area (Å²) in [5, 5.41) is -0.0748. The maximum atomic E-state index is 10.6. The van der Waals surface area contributed by atoms with Crippen molar-refractivity contribution in [2.75, 3.05) is 0 Å². The van der Waals surface area contributed by atoms with Gasteiger partial charge >= 0.3 is 0 Å². The van der Waals surface area contributed by atoms with Crippen molar-refractivity contribution < 1.29 is 4.79 Å². The van der Waals surface area contributed by atoms with Gasteiger partial charge in [0.2, 0.25) is 0 Å². The number of rotatable bonds is 2. The van der Waals surface area contributed by atoms with E-state index in [1.807, 2.05) is 6.92 Å². The van der Waals surface area contributed by atoms with Crippen molar-refractivity contribution in [1.82, 2.24) is 0 Å². The summed E-state index contributed by atoms with van der Waals surface area (Å²) in [6.07, 6.45) is 0. The van der Waals surface area contributed by atoms with Crippen LogP contribution in [0.15, 0.2) is 0 Å². The summed E-state index contributed by atoms with van der Waals surface area (Å²) in [4.78, 5) is 10.6. The van der Waals surface area contributed by atoms with Gasteiger partial charge in [-0.25, -0.2) is 0 Å². The van der Waals surface area contributed by atoms with E-state index in [2.05, 4.69) is 32.3 Å². The van der Waals surface area contributed by atoms with E-state index in [-0.39, 0.29) is 10.7 Å². The first-order chi connectivity index (χ1) is 3.85. The van der Waals surface area contributed by atoms with E-state index in [1.165, 1.54) is 0 Å². The molecule has 0 aromatic carbocycles. The third-order valence-corrected chi connectivity index (χ3v) is 5.08. The molecule has 0 aliphatic rings. The van der Waals surface area contributed by atoms with Gasteiger partial charge in [-0.05, 0) is 5.54 Å². The highest BCUT2D eigenvalue weighted by Crippen LogP contribution is 2.20. The molecule has 0 bridgehead atoms. The molecule has 0 aliphatic heterocycles. The Morgan fingerprint density at radius 2 is 1.78 bits per heavy atom. The average Bonchev–Trinajstić information content (AvgIpc) is 1.62. The van der Waals surface area contributed by atoms with E-state index in [0.29, 0.717) is 0 Å². The molecule has 0 N–H and O–H groups in total. The molecule has 1 atom stereocenters. The van der Waals surface area contributed by atoms with E-state index in [9.17, 15) is 4.79 Å². The van der Waals surface area contributed by atoms with Crippen molar-refractivity contribution in [3.05, 3.63) is 0 Å². The zero-order valence-corrected chi connectivity index (χ0v) is 8.21. The van der Waals surface area contributed by atoms with Crippen molar-refractivity contribution in [1.29, 1.82) is 0 Å². The van der Waals surface area contributed by atoms with Crippen LogP contribution < -0.4 is 0 Å². The molecule has 0 saturated carbocycles. The lowest BCUT2D eigenvalue weighted by Crippen LogP contribution is -2.30. The van der Waals surface area contributed by atoms with Crippen LogP contribution in [-0.2, 0) is 17.4 Å². The lowest BCUT2D eigenvalue weighted by molar-refractivity contribution is -0.110. The molecule has 0 aromatic rings. The Kier molecular flexibility index (Phi) is 2.83. The second-order valence-corrected chi connectivity index (χ2v) is 9.41. The molecule has 0 saturated heterocycles. The third-order valence-electron chi connectivity index (χ3n) is 1.65. The molecule has 3 heteroatoms. The molecule has 0 radical (unpaired) electrons. The molecule has 54 valence electrons. The Bertz CT molecular complexity index is 117. The number of hydrogen-bond donors (Lipinski definition) is 0. The molecule has 0 rings (SSSR count). The molecule has 9 heavy (non-hydrogen) atoms. The monoisotopic (exact) mass is 161 g/mol. The fourth-order valence-electron chi connectivity index (χ4n) is 0.354. The molecular formula is C6H13OSSi-. The third kappa shape index (κ3) is 2.96. The molecule has 1 nitrogen and oxygen atoms in total. The molecule has 0 fully saturated rings. The molecule has 0 spiro atoms. The van der Waals surface area contributed by atoms with Gasteiger partial charge in [-0.1, -0.05) is 26.6 Å². The van der Waals surface area contributed by atoms with E-state index in [4.69, 9.17) is 0 Å². The largest absolute Gasteiger partial charge is 0.742 e. The minimum Gasteiger partial charge on any atom is -0.742 e. The van der Waals surface area contributed by atoms with Crippen molar-refractivity contribution in [2.24, 2.45) is 0 Å². The quantitative estimate of drug-likeness (QED) is 0.454. The van der Waals surface area contributed by atoms with Crippen LogP contribution in [0.1, 0.15) is 6.92 Å². The van der Waals surface area contributed by atoms with E-state index >= 15 is 0 Å². The molecular weight excluding hydrogens is 148 g/mol. The summed E-state index contributed by atoms with van der Waals surface area (Å²) < 4.78 is 0. The first-order valence-electron chi connectivity index (χ1n) is 3.06. The summed E-state index contributed by atoms with van der Waals surface area (Å²) in [7, 11) is -1.28. The highest BCUT2D eigenvalue weighted by Gasteiger charge is 2.22. The minimum atomic E-state index is -1.28. The maximum Gasteiger partial charge on any atom is 0.0531 e. The summed E-state index contributed by atoms with van der Waals surface area (Å²) in [5.41, 5.74) is 0.132. The minimum absolute atomic E-state index is 0.0748. The second kappa shape index (κ2) is 2.79. The molecule has 0 amide bonds. The van der Waals surface area contributed by atoms with Crippen molar-refractivity contribution in [3.8, 4) is 0 Å². The smallest absolute Gasteiger partial charge is 0.0531 e. The predicted molar refractivity (Wildman–Crippen MR) is 45.1 cm³/mol. The van der Waals surface area contributed by atoms with Gasteiger partial charge in [0.05, 0.1) is 8.07 Å². The van der Waals surface area contributed by atoms with Crippen LogP contribution in [-0.4, -0.2) is 13.2 Å². The van der Waals surface area contributed by atoms with Crippen LogP contribution >= 0.6 is 0 Å². The van der Waals surface area contributed by atoms with Crippen molar-refractivity contribution in [3.63, 3.8) is 0 Å². The van der Waals surface area contributed by atoms with Crippen LogP contribution in [0, 0.1) is 0 Å². The van der Waals surface area contributed by atoms with E-state index in [1.54, 1.807) is 0 Å². The van der Waals surface area contributed by atoms with Gasteiger partial charge in [0.25, 0.3) is 0 Å². The van der Waals surface area contributed by atoms with Gasteiger partial charge < -0.3 is 17.4 Å². The van der Waals surface area contributed by atoms with Gasteiger partial charge in [0.1, 0.15) is 0 Å². The fourth-order valence-corrected chi connectivity index (χ4v) is 2.12. The zero-order chi connectivity index (χ0) is 7.65. The van der Waals surface area contributed by atoms with Gasteiger partial charge in [-0.15, -0.1) is 0 Å². The summed E-state index contributed by atoms with van der Waals surface area (Å²) in [5.74, 6) is 0. The Morgan fingerprint density at radius 1 is 1.44 bits per heavy atom. The first kappa shape index (κ1) is 9.11. The topological polar surface area (TPSA) is 17.1 Å². The SMILES string of the molecule is CC(C(=O)[S-])[Si](C)(C)C. The van der Waals surface area contributed by atoms with Crippen LogP contribution in [0.5, 0.6) is 0 Å². The average molecular weight is 161 g/mol. The van der Waals surface area contributed by atoms with Crippen LogP contribution in [0.2, 0.25) is 25.2 Å². The number of carbonyl (C=O) groups is 1. The Hall–Kier alpha value is 0.107. The molecule has 0 heterocycles. The number of carbonyl (C=O) groups excluding carboxylic acids is 1. The lowest BCUT2D eigenvalue weighted by Gasteiger charge is -2.26. The second-order valence-electron chi connectivity index (χ2n) is 3.41. The highest BCUT2D eigenvalue weighted by molar-refractivity contribution is 7.77. The van der Waals surface area contributed by atoms with Crippen LogP contribution in [0.3, 0.4) is 0 Å². The zero-order valence-electron chi connectivity index (χ0n) is 6.39. The number of hydrogen-bond acceptors (Lipinski definition) is 2. The Labute approximate surface area is 63.3 Å². The maximum absolute atomic E-state index is 10.6. The van der Waals surface area contributed by atoms with Gasteiger partial charge in [-0.3, -0.25) is 0 Å². The normalized spacial score (nSPS) is 15.1. The van der Waals surface area contributed by atoms with Gasteiger partial charge in [0.15, 0.2) is 0 Å². The van der Waals surface area contributed by atoms with Crippen molar-refractivity contribution in [2.45, 2.75) is 32.1 Å². The molecule has 0 aromatic heterocycles. The first-order valence-corrected chi connectivity index (χ1v) is 7.05. The van der Waals surface area contributed by atoms with Gasteiger partial charge in [0, 0.05) is 5.12 Å². The van der Waals surface area contributed by atoms with Crippen molar-refractivity contribution >= 4 is 25.8 Å². The lowest BCUT2D eigenvalue weighted by atomic mass is 10.5. The fraction of sp³-hybridized carbons (Fsp3) is 0.833.